The summed E-state index contributed by atoms with van der Waals surface area (Å²) in [6.07, 6.45) is 2.55. The number of rotatable bonds is 6. The smallest absolute Gasteiger partial charge is 0.240 e. The van der Waals surface area contributed by atoms with Crippen LogP contribution in [0.2, 0.25) is 0 Å². The molecule has 2 atom stereocenters. The van der Waals surface area contributed by atoms with Crippen molar-refractivity contribution in [1.29, 1.82) is 0 Å². The Bertz CT molecular complexity index is 769. The fraction of sp³-hybridized carbons (Fsp3) is 0.500. The van der Waals surface area contributed by atoms with Crippen LogP contribution in [-0.2, 0) is 11.3 Å². The summed E-state index contributed by atoms with van der Waals surface area (Å²) < 4.78 is 0. The summed E-state index contributed by atoms with van der Waals surface area (Å²) in [6, 6.07) is 10.4. The Morgan fingerprint density at radius 1 is 1.14 bits per heavy atom. The molecule has 2 saturated heterocycles. The minimum atomic E-state index is -0.0158. The van der Waals surface area contributed by atoms with Crippen LogP contribution in [0.1, 0.15) is 30.0 Å². The van der Waals surface area contributed by atoms with Gasteiger partial charge in [-0.3, -0.25) is 14.6 Å². The molecule has 0 saturated carbocycles. The first-order valence-corrected chi connectivity index (χ1v) is 10.5. The number of amides is 1. The summed E-state index contributed by atoms with van der Waals surface area (Å²) >= 11 is 1.50. The second kappa shape index (κ2) is 11.2. The van der Waals surface area contributed by atoms with Gasteiger partial charge in [0, 0.05) is 37.0 Å². The molecular weight excluding hydrogens is 429 g/mol. The lowest BCUT2D eigenvalue weighted by atomic mass is 9.95. The first kappa shape index (κ1) is 24.1. The van der Waals surface area contributed by atoms with E-state index in [-0.39, 0.29) is 42.7 Å². The molecule has 160 valence electrons. The first-order valence-electron chi connectivity index (χ1n) is 9.67. The van der Waals surface area contributed by atoms with Gasteiger partial charge in [-0.25, -0.2) is 4.98 Å². The van der Waals surface area contributed by atoms with E-state index in [0.717, 1.165) is 38.4 Å². The molecule has 4 rings (SSSR count). The topological polar surface area (TPSA) is 74.5 Å². The van der Waals surface area contributed by atoms with E-state index < -0.39 is 0 Å². The Balaban J connectivity index is 0.00000150. The Morgan fingerprint density at radius 3 is 2.59 bits per heavy atom. The molecule has 1 aromatic heterocycles. The summed E-state index contributed by atoms with van der Waals surface area (Å²) in [5.74, 6) is 0.268. The lowest BCUT2D eigenvalue weighted by Crippen LogP contribution is -2.33. The van der Waals surface area contributed by atoms with Crippen LogP contribution < -0.4 is 11.1 Å². The molecule has 3 heterocycles. The highest BCUT2D eigenvalue weighted by molar-refractivity contribution is 7.13. The molecule has 1 amide bonds. The highest BCUT2D eigenvalue weighted by Gasteiger charge is 2.32. The fourth-order valence-electron chi connectivity index (χ4n) is 4.06. The summed E-state index contributed by atoms with van der Waals surface area (Å²) in [4.78, 5) is 21.6. The van der Waals surface area contributed by atoms with E-state index in [1.165, 1.54) is 29.7 Å². The fourth-order valence-corrected chi connectivity index (χ4v) is 4.78. The van der Waals surface area contributed by atoms with Crippen LogP contribution in [0.5, 0.6) is 0 Å². The number of aromatic nitrogens is 1. The van der Waals surface area contributed by atoms with Crippen LogP contribution in [0.25, 0.3) is 0 Å². The van der Waals surface area contributed by atoms with Crippen molar-refractivity contribution < 1.29 is 4.79 Å². The monoisotopic (exact) mass is 457 g/mol. The predicted octanol–water partition coefficient (Wildman–Crippen LogP) is 2.95. The lowest BCUT2D eigenvalue weighted by molar-refractivity contribution is -0.117. The van der Waals surface area contributed by atoms with E-state index in [0.29, 0.717) is 11.7 Å². The summed E-state index contributed by atoms with van der Waals surface area (Å²) in [7, 11) is 0. The van der Waals surface area contributed by atoms with Gasteiger partial charge in [0.2, 0.25) is 5.91 Å². The minimum Gasteiger partial charge on any atom is -0.326 e. The van der Waals surface area contributed by atoms with Crippen molar-refractivity contribution in [2.45, 2.75) is 31.3 Å². The van der Waals surface area contributed by atoms with Gasteiger partial charge in [0.25, 0.3) is 0 Å². The van der Waals surface area contributed by atoms with Gasteiger partial charge in [-0.2, -0.15) is 0 Å². The average Bonchev–Trinajstić information content (AvgIpc) is 3.39. The molecule has 2 aliphatic heterocycles. The molecule has 0 radical (unpaired) electrons. The molecule has 2 aliphatic rings. The zero-order valence-corrected chi connectivity index (χ0v) is 18.8. The quantitative estimate of drug-likeness (QED) is 0.697. The number of anilines is 1. The van der Waals surface area contributed by atoms with Crippen molar-refractivity contribution in [2.75, 3.05) is 38.0 Å². The third-order valence-corrected chi connectivity index (χ3v) is 6.22. The predicted molar refractivity (Wildman–Crippen MR) is 123 cm³/mol. The number of thiazole rings is 1. The Kier molecular flexibility index (Phi) is 9.33. The zero-order chi connectivity index (χ0) is 18.6. The van der Waals surface area contributed by atoms with E-state index >= 15 is 0 Å². The molecule has 9 heteroatoms. The second-order valence-corrected chi connectivity index (χ2v) is 8.41. The molecule has 2 aromatic rings. The normalized spacial score (nSPS) is 22.1. The van der Waals surface area contributed by atoms with Crippen LogP contribution in [0, 0.1) is 0 Å². The largest absolute Gasteiger partial charge is 0.326 e. The Labute approximate surface area is 188 Å². The number of benzene rings is 1. The Hall–Kier alpha value is -1.22. The lowest BCUT2D eigenvalue weighted by Gasteiger charge is -2.15. The number of hydrogen-bond donors (Lipinski definition) is 2. The van der Waals surface area contributed by atoms with Crippen LogP contribution in [0.4, 0.5) is 5.13 Å². The van der Waals surface area contributed by atoms with Crippen LogP contribution in [0.15, 0.2) is 35.7 Å². The number of hydrogen-bond acceptors (Lipinski definition) is 6. The molecule has 0 spiro atoms. The van der Waals surface area contributed by atoms with Crippen LogP contribution in [0.3, 0.4) is 0 Å². The molecule has 6 nitrogen and oxygen atoms in total. The molecule has 1 aromatic carbocycles. The van der Waals surface area contributed by atoms with Gasteiger partial charge in [-0.1, -0.05) is 30.3 Å². The number of carbonyl (C=O) groups excluding carboxylic acids is 1. The van der Waals surface area contributed by atoms with E-state index in [2.05, 4.69) is 32.2 Å². The maximum atomic E-state index is 12.4. The second-order valence-electron chi connectivity index (χ2n) is 7.55. The third-order valence-electron chi connectivity index (χ3n) is 5.42. The number of nitrogens with two attached hydrogens (primary N) is 1. The average molecular weight is 458 g/mol. The molecule has 29 heavy (non-hydrogen) atoms. The molecule has 0 unspecified atom stereocenters. The molecular formula is C20H29Cl2N5OS. The highest BCUT2D eigenvalue weighted by Crippen LogP contribution is 2.26. The first-order chi connectivity index (χ1) is 13.2. The van der Waals surface area contributed by atoms with Gasteiger partial charge in [0.05, 0.1) is 12.2 Å². The van der Waals surface area contributed by atoms with Gasteiger partial charge < -0.3 is 11.1 Å². The standard InChI is InChI=1S/C20H27N5OS.2ClH/c21-18-12-25(11-17(18)15-6-2-1-3-7-15)13-19(26)23-20-22-16(14-27-20)10-24-8-4-5-9-24;;/h1-3,6-7,14,17-18H,4-5,8-13,21H2,(H,22,23,26);2*1H/t17-,18+;;/m0../s1. The number of nitrogens with zero attached hydrogens (tertiary/aromatic N) is 3. The maximum absolute atomic E-state index is 12.4. The van der Waals surface area contributed by atoms with Gasteiger partial charge in [0.1, 0.15) is 0 Å². The van der Waals surface area contributed by atoms with Gasteiger partial charge in [0.15, 0.2) is 5.13 Å². The molecule has 0 bridgehead atoms. The number of carbonyl (C=O) groups is 1. The molecule has 2 fully saturated rings. The van der Waals surface area contributed by atoms with Crippen molar-refractivity contribution in [1.82, 2.24) is 14.8 Å². The molecule has 0 aliphatic carbocycles. The van der Waals surface area contributed by atoms with Gasteiger partial charge in [-0.05, 0) is 31.5 Å². The highest BCUT2D eigenvalue weighted by atomic mass is 35.5. The SMILES string of the molecule is Cl.Cl.N[C@@H]1CN(CC(=O)Nc2nc(CN3CCCC3)cs2)C[C@H]1c1ccccc1. The zero-order valence-electron chi connectivity index (χ0n) is 16.3. The van der Waals surface area contributed by atoms with Crippen molar-refractivity contribution >= 4 is 47.2 Å². The third kappa shape index (κ3) is 6.38. The van der Waals surface area contributed by atoms with E-state index in [1.54, 1.807) is 0 Å². The number of likely N-dealkylation sites (tertiary alicyclic amines) is 2. The van der Waals surface area contributed by atoms with Crippen molar-refractivity contribution in [3.8, 4) is 0 Å². The maximum Gasteiger partial charge on any atom is 0.240 e. The van der Waals surface area contributed by atoms with E-state index in [1.807, 2.05) is 23.6 Å². The van der Waals surface area contributed by atoms with E-state index in [4.69, 9.17) is 5.73 Å². The summed E-state index contributed by atoms with van der Waals surface area (Å²) in [6.45, 7) is 5.10. The van der Waals surface area contributed by atoms with Crippen molar-refractivity contribution in [3.63, 3.8) is 0 Å². The summed E-state index contributed by atoms with van der Waals surface area (Å²) in [5, 5.41) is 5.69. The van der Waals surface area contributed by atoms with Gasteiger partial charge >= 0.3 is 0 Å². The summed E-state index contributed by atoms with van der Waals surface area (Å²) in [5.41, 5.74) is 8.62. The minimum absolute atomic E-state index is 0. The number of nitrogens with one attached hydrogen (secondary N) is 1. The van der Waals surface area contributed by atoms with Gasteiger partial charge in [-0.15, -0.1) is 36.2 Å². The van der Waals surface area contributed by atoms with E-state index in [9.17, 15) is 4.79 Å². The van der Waals surface area contributed by atoms with Crippen molar-refractivity contribution in [3.05, 3.63) is 47.0 Å². The van der Waals surface area contributed by atoms with Crippen LogP contribution >= 0.6 is 36.2 Å². The number of halogens is 2. The Morgan fingerprint density at radius 2 is 1.86 bits per heavy atom. The molecule has 3 N–H and O–H groups in total. The van der Waals surface area contributed by atoms with Crippen LogP contribution in [-0.4, -0.2) is 59.5 Å². The van der Waals surface area contributed by atoms with Crippen molar-refractivity contribution in [2.24, 2.45) is 5.73 Å².